The van der Waals surface area contributed by atoms with Crippen LogP contribution in [-0.2, 0) is 20.9 Å². The van der Waals surface area contributed by atoms with Crippen LogP contribution in [0.2, 0.25) is 0 Å². The minimum absolute atomic E-state index is 0.243. The maximum absolute atomic E-state index is 12.4. The number of carboxylic acids is 2. The Morgan fingerprint density at radius 3 is 2.26 bits per heavy atom. The van der Waals surface area contributed by atoms with E-state index < -0.39 is 11.9 Å². The smallest absolute Gasteiger partial charge is 0.414 e. The number of aryl methyl sites for hydroxylation is 1. The second kappa shape index (κ2) is 11.7. The molecule has 1 saturated heterocycles. The molecule has 0 aliphatic carbocycles. The highest BCUT2D eigenvalue weighted by molar-refractivity contribution is 7.10. The van der Waals surface area contributed by atoms with Gasteiger partial charge in [-0.3, -0.25) is 9.69 Å². The topological polar surface area (TPSA) is 98.2 Å². The lowest BCUT2D eigenvalue weighted by Crippen LogP contribution is -2.41. The number of thiophene rings is 1. The summed E-state index contributed by atoms with van der Waals surface area (Å²) in [5.74, 6) is -3.05. The van der Waals surface area contributed by atoms with Gasteiger partial charge >= 0.3 is 11.9 Å². The van der Waals surface area contributed by atoms with Crippen molar-refractivity contribution in [3.8, 4) is 0 Å². The monoisotopic (exact) mass is 398 g/mol. The predicted octanol–water partition coefficient (Wildman–Crippen LogP) is 2.68. The van der Waals surface area contributed by atoms with Gasteiger partial charge in [0.25, 0.3) is 0 Å². The van der Waals surface area contributed by atoms with Crippen LogP contribution >= 0.6 is 11.3 Å². The maximum Gasteiger partial charge on any atom is 0.414 e. The van der Waals surface area contributed by atoms with Crippen LogP contribution in [0.1, 0.15) is 43.0 Å². The van der Waals surface area contributed by atoms with Gasteiger partial charge in [-0.25, -0.2) is 9.59 Å². The molecule has 2 rings (SSSR count). The first kappa shape index (κ1) is 23.1. The van der Waals surface area contributed by atoms with Crippen molar-refractivity contribution in [1.29, 1.82) is 0 Å². The minimum atomic E-state index is -1.82. The zero-order chi connectivity index (χ0) is 20.4. The molecule has 0 saturated carbocycles. The Bertz CT molecular complexity index is 611. The van der Waals surface area contributed by atoms with Crippen LogP contribution in [0.5, 0.6) is 0 Å². The van der Waals surface area contributed by atoms with Crippen LogP contribution in [0, 0.1) is 12.8 Å². The summed E-state index contributed by atoms with van der Waals surface area (Å²) in [6.07, 6.45) is 4.29. The average Bonchev–Trinajstić information content (AvgIpc) is 3.04. The van der Waals surface area contributed by atoms with E-state index in [1.807, 2.05) is 23.3 Å². The molecule has 0 aromatic carbocycles. The molecule has 0 atom stereocenters. The zero-order valence-electron chi connectivity index (χ0n) is 16.3. The van der Waals surface area contributed by atoms with Gasteiger partial charge in [0.1, 0.15) is 0 Å². The van der Waals surface area contributed by atoms with E-state index in [1.54, 1.807) is 0 Å². The van der Waals surface area contributed by atoms with Gasteiger partial charge in [-0.15, -0.1) is 11.3 Å². The van der Waals surface area contributed by atoms with E-state index in [0.29, 0.717) is 5.91 Å². The van der Waals surface area contributed by atoms with Gasteiger partial charge < -0.3 is 15.1 Å². The van der Waals surface area contributed by atoms with E-state index in [-0.39, 0.29) is 5.92 Å². The number of unbranched alkanes of at least 4 members (excludes halogenated alkanes) is 1. The Labute approximate surface area is 164 Å². The van der Waals surface area contributed by atoms with Crippen LogP contribution in [0.4, 0.5) is 0 Å². The van der Waals surface area contributed by atoms with Gasteiger partial charge in [-0.2, -0.15) is 0 Å². The van der Waals surface area contributed by atoms with E-state index in [1.165, 1.54) is 10.4 Å². The van der Waals surface area contributed by atoms with Crippen LogP contribution < -0.4 is 0 Å². The molecular formula is C19H30N2O5S. The molecule has 2 heterocycles. The molecule has 152 valence electrons. The number of hydrogen-bond acceptors (Lipinski definition) is 5. The normalized spacial score (nSPS) is 14.9. The quantitative estimate of drug-likeness (QED) is 0.715. The second-order valence-corrected chi connectivity index (χ2v) is 7.80. The molecule has 1 amide bonds. The zero-order valence-corrected chi connectivity index (χ0v) is 17.1. The van der Waals surface area contributed by atoms with Crippen molar-refractivity contribution in [1.82, 2.24) is 9.80 Å². The first-order chi connectivity index (χ1) is 12.8. The number of aliphatic carboxylic acids is 2. The fraction of sp³-hybridized carbons (Fsp3) is 0.632. The third kappa shape index (κ3) is 8.09. The molecule has 0 spiro atoms. The number of hydrogen-bond donors (Lipinski definition) is 2. The third-order valence-corrected chi connectivity index (χ3v) is 5.69. The molecule has 1 aromatic heterocycles. The Kier molecular flexibility index (Phi) is 10.0. The Hall–Kier alpha value is -1.93. The van der Waals surface area contributed by atoms with Gasteiger partial charge in [0.15, 0.2) is 0 Å². The Morgan fingerprint density at radius 2 is 1.81 bits per heavy atom. The van der Waals surface area contributed by atoms with Gasteiger partial charge in [-0.1, -0.05) is 13.3 Å². The van der Waals surface area contributed by atoms with Crippen LogP contribution in [0.25, 0.3) is 0 Å². The highest BCUT2D eigenvalue weighted by Crippen LogP contribution is 2.23. The number of nitrogens with zero attached hydrogens (tertiary/aromatic N) is 2. The Morgan fingerprint density at radius 1 is 1.22 bits per heavy atom. The largest absolute Gasteiger partial charge is 0.473 e. The van der Waals surface area contributed by atoms with Crippen molar-refractivity contribution in [3.05, 3.63) is 21.9 Å². The molecule has 0 unspecified atom stereocenters. The number of amides is 1. The average molecular weight is 399 g/mol. The lowest BCUT2D eigenvalue weighted by molar-refractivity contribution is -0.159. The molecule has 0 radical (unpaired) electrons. The van der Waals surface area contributed by atoms with Crippen molar-refractivity contribution in [2.24, 2.45) is 5.92 Å². The van der Waals surface area contributed by atoms with Gasteiger partial charge in [-0.05, 0) is 56.3 Å². The van der Waals surface area contributed by atoms with E-state index in [0.717, 1.165) is 51.9 Å². The molecule has 7 nitrogen and oxygen atoms in total. The molecule has 0 bridgehead atoms. The third-order valence-electron chi connectivity index (χ3n) is 4.68. The molecule has 8 heteroatoms. The summed E-state index contributed by atoms with van der Waals surface area (Å²) in [6.45, 7) is 8.42. The molecule has 1 fully saturated rings. The summed E-state index contributed by atoms with van der Waals surface area (Å²) < 4.78 is 0. The summed E-state index contributed by atoms with van der Waals surface area (Å²) in [7, 11) is 1.96. The maximum atomic E-state index is 12.4. The second-order valence-electron chi connectivity index (χ2n) is 6.80. The van der Waals surface area contributed by atoms with Gasteiger partial charge in [0, 0.05) is 30.9 Å². The number of piperidine rings is 1. The summed E-state index contributed by atoms with van der Waals surface area (Å²) >= 11 is 1.85. The SMILES string of the molecule is CCCCN(C)C(=O)C1CCN(Cc2sccc2C)CC1.O=C(O)C(=O)O. The fourth-order valence-corrected chi connectivity index (χ4v) is 3.87. The summed E-state index contributed by atoms with van der Waals surface area (Å²) in [5.41, 5.74) is 1.40. The molecule has 1 aliphatic rings. The van der Waals surface area contributed by atoms with E-state index in [4.69, 9.17) is 19.8 Å². The predicted molar refractivity (Wildman–Crippen MR) is 105 cm³/mol. The molecule has 1 aliphatic heterocycles. The molecule has 1 aromatic rings. The number of carbonyl (C=O) groups is 3. The van der Waals surface area contributed by atoms with E-state index in [2.05, 4.69) is 30.2 Å². The molecular weight excluding hydrogens is 368 g/mol. The number of carbonyl (C=O) groups excluding carboxylic acids is 1. The summed E-state index contributed by atoms with van der Waals surface area (Å²) in [6, 6.07) is 2.19. The minimum Gasteiger partial charge on any atom is -0.473 e. The highest BCUT2D eigenvalue weighted by Gasteiger charge is 2.27. The first-order valence-electron chi connectivity index (χ1n) is 9.22. The Balaban J connectivity index is 0.000000527. The highest BCUT2D eigenvalue weighted by atomic mass is 32.1. The summed E-state index contributed by atoms with van der Waals surface area (Å²) in [5, 5.41) is 17.0. The molecule has 27 heavy (non-hydrogen) atoms. The lowest BCUT2D eigenvalue weighted by atomic mass is 9.95. The summed E-state index contributed by atoms with van der Waals surface area (Å²) in [4.78, 5) is 36.5. The van der Waals surface area contributed by atoms with Crippen LogP contribution in [-0.4, -0.2) is 64.5 Å². The van der Waals surface area contributed by atoms with E-state index >= 15 is 0 Å². The van der Waals surface area contributed by atoms with E-state index in [9.17, 15) is 4.79 Å². The van der Waals surface area contributed by atoms with Crippen molar-refractivity contribution in [2.45, 2.75) is 46.1 Å². The van der Waals surface area contributed by atoms with Gasteiger partial charge in [0.2, 0.25) is 5.91 Å². The fourth-order valence-electron chi connectivity index (χ4n) is 2.92. The number of rotatable bonds is 6. The number of likely N-dealkylation sites (tertiary alicyclic amines) is 1. The van der Waals surface area contributed by atoms with Crippen molar-refractivity contribution in [2.75, 3.05) is 26.7 Å². The van der Waals surface area contributed by atoms with Gasteiger partial charge in [0.05, 0.1) is 0 Å². The van der Waals surface area contributed by atoms with Crippen molar-refractivity contribution >= 4 is 29.2 Å². The first-order valence-corrected chi connectivity index (χ1v) is 10.1. The number of carboxylic acid groups (broad SMARTS) is 2. The van der Waals surface area contributed by atoms with Crippen molar-refractivity contribution in [3.63, 3.8) is 0 Å². The molecule has 2 N–H and O–H groups in total. The van der Waals surface area contributed by atoms with Crippen LogP contribution in [0.3, 0.4) is 0 Å². The standard InChI is InChI=1S/C17H28N2OS.C2H2O4/c1-4-5-9-18(3)17(20)15-6-10-19(11-7-15)13-16-14(2)8-12-21-16;3-1(4)2(5)6/h8,12,15H,4-7,9-11,13H2,1-3H3;(H,3,4)(H,5,6). The van der Waals surface area contributed by atoms with Crippen molar-refractivity contribution < 1.29 is 24.6 Å². The lowest BCUT2D eigenvalue weighted by Gasteiger charge is -2.33. The van der Waals surface area contributed by atoms with Crippen LogP contribution in [0.15, 0.2) is 11.4 Å².